The molecule has 0 atom stereocenters. The van der Waals surface area contributed by atoms with Crippen molar-refractivity contribution in [1.82, 2.24) is 4.90 Å². The summed E-state index contributed by atoms with van der Waals surface area (Å²) in [6, 6.07) is 0. The molecule has 0 aromatic rings. The third kappa shape index (κ3) is 3.38. The number of methoxy groups -OCH3 is 1. The molecule has 2 nitrogen and oxygen atoms in total. The van der Waals surface area contributed by atoms with Crippen LogP contribution in [0, 0.1) is 5.41 Å². The van der Waals surface area contributed by atoms with Crippen LogP contribution in [0.1, 0.15) is 27.2 Å². The Morgan fingerprint density at radius 3 is 2.60 bits per heavy atom. The molecule has 0 N–H and O–H groups in total. The van der Waals surface area contributed by atoms with Crippen LogP contribution < -0.4 is 0 Å². The van der Waals surface area contributed by atoms with Gasteiger partial charge in [0.2, 0.25) is 0 Å². The Labute approximate surface area is 93.6 Å². The lowest BCUT2D eigenvalue weighted by Gasteiger charge is -2.34. The van der Waals surface area contributed by atoms with Gasteiger partial charge in [0.15, 0.2) is 0 Å². The van der Waals surface area contributed by atoms with Gasteiger partial charge in [0.1, 0.15) is 0 Å². The maximum Gasteiger partial charge on any atom is 0.0854 e. The van der Waals surface area contributed by atoms with Crippen LogP contribution in [0.15, 0.2) is 23.9 Å². The maximum absolute atomic E-state index is 5.09. The molecule has 0 aromatic carbocycles. The van der Waals surface area contributed by atoms with E-state index < -0.39 is 0 Å². The summed E-state index contributed by atoms with van der Waals surface area (Å²) in [5, 5.41) is 0. The summed E-state index contributed by atoms with van der Waals surface area (Å²) >= 11 is 0. The SMILES string of the molecule is C=C(COC)N1CC=C(C(C)(C)C)CC1. The zero-order chi connectivity index (χ0) is 11.5. The second-order valence-electron chi connectivity index (χ2n) is 5.17. The third-order valence-corrected chi connectivity index (χ3v) is 2.93. The number of nitrogens with zero attached hydrogens (tertiary/aromatic N) is 1. The monoisotopic (exact) mass is 209 g/mol. The molecule has 0 saturated heterocycles. The second kappa shape index (κ2) is 4.84. The minimum Gasteiger partial charge on any atom is -0.379 e. The van der Waals surface area contributed by atoms with Crippen molar-refractivity contribution in [2.45, 2.75) is 27.2 Å². The second-order valence-corrected chi connectivity index (χ2v) is 5.17. The first-order valence-electron chi connectivity index (χ1n) is 5.56. The number of rotatable bonds is 3. The van der Waals surface area contributed by atoms with Gasteiger partial charge in [-0.1, -0.05) is 39.0 Å². The Morgan fingerprint density at radius 2 is 2.20 bits per heavy atom. The minimum atomic E-state index is 0.314. The van der Waals surface area contributed by atoms with Crippen LogP contribution in [0.4, 0.5) is 0 Å². The van der Waals surface area contributed by atoms with Crippen LogP contribution in [0.5, 0.6) is 0 Å². The van der Waals surface area contributed by atoms with Crippen LogP contribution in [0.25, 0.3) is 0 Å². The molecule has 0 bridgehead atoms. The highest BCUT2D eigenvalue weighted by molar-refractivity contribution is 5.16. The van der Waals surface area contributed by atoms with E-state index in [9.17, 15) is 0 Å². The van der Waals surface area contributed by atoms with E-state index in [1.54, 1.807) is 12.7 Å². The van der Waals surface area contributed by atoms with Crippen molar-refractivity contribution in [2.75, 3.05) is 26.8 Å². The van der Waals surface area contributed by atoms with Crippen LogP contribution in [0.2, 0.25) is 0 Å². The van der Waals surface area contributed by atoms with Gasteiger partial charge >= 0.3 is 0 Å². The standard InChI is InChI=1S/C13H23NO/c1-11(10-15-5)14-8-6-12(7-9-14)13(2,3)4/h6H,1,7-10H2,2-5H3. The van der Waals surface area contributed by atoms with E-state index in [0.717, 1.165) is 25.2 Å². The zero-order valence-corrected chi connectivity index (χ0v) is 10.5. The van der Waals surface area contributed by atoms with Gasteiger partial charge in [0.25, 0.3) is 0 Å². The van der Waals surface area contributed by atoms with Crippen LogP contribution in [-0.4, -0.2) is 31.7 Å². The first-order valence-corrected chi connectivity index (χ1v) is 5.56. The normalized spacial score (nSPS) is 17.6. The summed E-state index contributed by atoms with van der Waals surface area (Å²) in [4.78, 5) is 2.29. The van der Waals surface area contributed by atoms with Gasteiger partial charge in [-0.2, -0.15) is 0 Å². The largest absolute Gasteiger partial charge is 0.379 e. The average Bonchev–Trinajstić information content (AvgIpc) is 2.17. The lowest BCUT2D eigenvalue weighted by molar-refractivity contribution is 0.190. The Balaban J connectivity index is 2.54. The van der Waals surface area contributed by atoms with Gasteiger partial charge in [-0.05, 0) is 11.8 Å². The molecule has 0 fully saturated rings. The smallest absolute Gasteiger partial charge is 0.0854 e. The van der Waals surface area contributed by atoms with Gasteiger partial charge in [-0.15, -0.1) is 0 Å². The molecule has 1 aliphatic heterocycles. The summed E-state index contributed by atoms with van der Waals surface area (Å²) < 4.78 is 5.09. The summed E-state index contributed by atoms with van der Waals surface area (Å²) in [6.07, 6.45) is 3.48. The number of hydrogen-bond donors (Lipinski definition) is 0. The van der Waals surface area contributed by atoms with E-state index in [2.05, 4.69) is 38.3 Å². The quantitative estimate of drug-likeness (QED) is 0.663. The van der Waals surface area contributed by atoms with Crippen molar-refractivity contribution < 1.29 is 4.74 Å². The highest BCUT2D eigenvalue weighted by Crippen LogP contribution is 2.30. The molecule has 1 rings (SSSR count). The average molecular weight is 209 g/mol. The van der Waals surface area contributed by atoms with E-state index in [0.29, 0.717) is 12.0 Å². The summed E-state index contributed by atoms with van der Waals surface area (Å²) in [6.45, 7) is 13.5. The fourth-order valence-corrected chi connectivity index (χ4v) is 1.90. The molecule has 0 radical (unpaired) electrons. The van der Waals surface area contributed by atoms with Crippen LogP contribution in [-0.2, 0) is 4.74 Å². The van der Waals surface area contributed by atoms with E-state index >= 15 is 0 Å². The Morgan fingerprint density at radius 1 is 1.53 bits per heavy atom. The Bertz CT molecular complexity index is 260. The molecule has 0 amide bonds. The highest BCUT2D eigenvalue weighted by Gasteiger charge is 2.21. The van der Waals surface area contributed by atoms with E-state index in [1.807, 2.05) is 0 Å². The van der Waals surface area contributed by atoms with Gasteiger partial charge < -0.3 is 9.64 Å². The van der Waals surface area contributed by atoms with Gasteiger partial charge in [-0.25, -0.2) is 0 Å². The lowest BCUT2D eigenvalue weighted by atomic mass is 9.83. The fraction of sp³-hybridized carbons (Fsp3) is 0.692. The molecule has 0 spiro atoms. The Kier molecular flexibility index (Phi) is 3.97. The molecule has 0 saturated carbocycles. The van der Waals surface area contributed by atoms with Gasteiger partial charge in [0, 0.05) is 25.9 Å². The maximum atomic E-state index is 5.09. The topological polar surface area (TPSA) is 12.5 Å². The number of hydrogen-bond acceptors (Lipinski definition) is 2. The van der Waals surface area contributed by atoms with Crippen molar-refractivity contribution in [3.63, 3.8) is 0 Å². The zero-order valence-electron chi connectivity index (χ0n) is 10.5. The van der Waals surface area contributed by atoms with E-state index in [-0.39, 0.29) is 0 Å². The van der Waals surface area contributed by atoms with Crippen molar-refractivity contribution in [1.29, 1.82) is 0 Å². The highest BCUT2D eigenvalue weighted by atomic mass is 16.5. The fourth-order valence-electron chi connectivity index (χ4n) is 1.90. The molecule has 0 aliphatic carbocycles. The van der Waals surface area contributed by atoms with Crippen molar-refractivity contribution in [3.05, 3.63) is 23.9 Å². The molecular weight excluding hydrogens is 186 g/mol. The number of ether oxygens (including phenoxy) is 1. The minimum absolute atomic E-state index is 0.314. The van der Waals surface area contributed by atoms with E-state index in [4.69, 9.17) is 4.74 Å². The molecule has 15 heavy (non-hydrogen) atoms. The summed E-state index contributed by atoms with van der Waals surface area (Å²) in [5.74, 6) is 0. The first-order chi connectivity index (χ1) is 6.95. The molecule has 1 aliphatic rings. The molecule has 86 valence electrons. The van der Waals surface area contributed by atoms with Crippen LogP contribution >= 0.6 is 0 Å². The predicted octanol–water partition coefficient (Wildman–Crippen LogP) is 2.82. The molecular formula is C13H23NO. The molecule has 0 unspecified atom stereocenters. The van der Waals surface area contributed by atoms with Crippen molar-refractivity contribution in [3.8, 4) is 0 Å². The van der Waals surface area contributed by atoms with Crippen LogP contribution in [0.3, 0.4) is 0 Å². The molecule has 1 heterocycles. The lowest BCUT2D eigenvalue weighted by Crippen LogP contribution is -2.31. The first kappa shape index (κ1) is 12.3. The summed E-state index contributed by atoms with van der Waals surface area (Å²) in [7, 11) is 1.71. The molecule has 0 aromatic heterocycles. The molecule has 2 heteroatoms. The van der Waals surface area contributed by atoms with Gasteiger partial charge in [0.05, 0.1) is 6.61 Å². The van der Waals surface area contributed by atoms with Crippen molar-refractivity contribution in [2.24, 2.45) is 5.41 Å². The predicted molar refractivity (Wildman–Crippen MR) is 64.7 cm³/mol. The third-order valence-electron chi connectivity index (χ3n) is 2.93. The van der Waals surface area contributed by atoms with Crippen molar-refractivity contribution >= 4 is 0 Å². The Hall–Kier alpha value is -0.760. The van der Waals surface area contributed by atoms with E-state index in [1.165, 1.54) is 0 Å². The van der Waals surface area contributed by atoms with Gasteiger partial charge in [-0.3, -0.25) is 0 Å². The summed E-state index contributed by atoms with van der Waals surface area (Å²) in [5.41, 5.74) is 2.96.